The molecule has 6 nitrogen and oxygen atoms in total. The SMILES string of the molecule is CC1CCCCC1NS(=O)(=O)c1ccc(N)cc1C(=O)O. The van der Waals surface area contributed by atoms with Crippen molar-refractivity contribution < 1.29 is 18.3 Å². The monoisotopic (exact) mass is 312 g/mol. The minimum Gasteiger partial charge on any atom is -0.478 e. The van der Waals surface area contributed by atoms with E-state index in [2.05, 4.69) is 4.72 Å². The van der Waals surface area contributed by atoms with Gasteiger partial charge in [0, 0.05) is 11.7 Å². The number of carboxylic acids is 1. The number of hydrogen-bond acceptors (Lipinski definition) is 4. The molecule has 21 heavy (non-hydrogen) atoms. The van der Waals surface area contributed by atoms with Crippen molar-refractivity contribution in [2.45, 2.75) is 43.5 Å². The van der Waals surface area contributed by atoms with Crippen LogP contribution >= 0.6 is 0 Å². The zero-order valence-electron chi connectivity index (χ0n) is 11.9. The summed E-state index contributed by atoms with van der Waals surface area (Å²) in [6.07, 6.45) is 3.82. The first-order chi connectivity index (χ1) is 9.81. The van der Waals surface area contributed by atoms with Gasteiger partial charge in [0.15, 0.2) is 0 Å². The van der Waals surface area contributed by atoms with Gasteiger partial charge in [-0.15, -0.1) is 0 Å². The molecule has 1 aromatic carbocycles. The predicted molar refractivity (Wildman–Crippen MR) is 79.6 cm³/mol. The maximum Gasteiger partial charge on any atom is 0.337 e. The highest BCUT2D eigenvalue weighted by atomic mass is 32.2. The van der Waals surface area contributed by atoms with E-state index in [9.17, 15) is 13.2 Å². The van der Waals surface area contributed by atoms with Gasteiger partial charge in [-0.1, -0.05) is 19.8 Å². The molecule has 2 rings (SSSR count). The highest BCUT2D eigenvalue weighted by molar-refractivity contribution is 7.89. The van der Waals surface area contributed by atoms with Crippen molar-refractivity contribution in [1.29, 1.82) is 0 Å². The Labute approximate surface area is 124 Å². The molecule has 0 aliphatic heterocycles. The number of rotatable bonds is 4. The van der Waals surface area contributed by atoms with Crippen LogP contribution in [0.15, 0.2) is 23.1 Å². The van der Waals surface area contributed by atoms with Gasteiger partial charge < -0.3 is 10.8 Å². The lowest BCUT2D eigenvalue weighted by Crippen LogP contribution is -2.41. The van der Waals surface area contributed by atoms with E-state index in [1.54, 1.807) is 0 Å². The average Bonchev–Trinajstić information content (AvgIpc) is 2.40. The third kappa shape index (κ3) is 3.54. The van der Waals surface area contributed by atoms with Gasteiger partial charge >= 0.3 is 5.97 Å². The number of carboxylic acid groups (broad SMARTS) is 1. The van der Waals surface area contributed by atoms with Gasteiger partial charge in [-0.3, -0.25) is 0 Å². The van der Waals surface area contributed by atoms with Gasteiger partial charge in [-0.05, 0) is 37.0 Å². The predicted octanol–water partition coefficient (Wildman–Crippen LogP) is 1.82. The molecule has 1 fully saturated rings. The lowest BCUT2D eigenvalue weighted by atomic mass is 9.87. The Morgan fingerprint density at radius 2 is 2.00 bits per heavy atom. The molecule has 116 valence electrons. The number of benzene rings is 1. The number of sulfonamides is 1. The average molecular weight is 312 g/mol. The van der Waals surface area contributed by atoms with Gasteiger partial charge in [0.2, 0.25) is 10.0 Å². The number of anilines is 1. The van der Waals surface area contributed by atoms with E-state index in [0.717, 1.165) is 25.7 Å². The Bertz CT molecular complexity index is 642. The second-order valence-electron chi connectivity index (χ2n) is 5.55. The first-order valence-electron chi connectivity index (χ1n) is 6.96. The van der Waals surface area contributed by atoms with Crippen LogP contribution in [-0.4, -0.2) is 25.5 Å². The number of nitrogens with two attached hydrogens (primary N) is 1. The lowest BCUT2D eigenvalue weighted by Gasteiger charge is -2.29. The number of hydrogen-bond donors (Lipinski definition) is 3. The normalized spacial score (nSPS) is 22.9. The molecule has 2 unspecified atom stereocenters. The van der Waals surface area contributed by atoms with Crippen LogP contribution in [-0.2, 0) is 10.0 Å². The fourth-order valence-electron chi connectivity index (χ4n) is 2.70. The van der Waals surface area contributed by atoms with Crippen LogP contribution in [0.2, 0.25) is 0 Å². The Hall–Kier alpha value is -1.60. The van der Waals surface area contributed by atoms with Gasteiger partial charge in [-0.25, -0.2) is 17.9 Å². The largest absolute Gasteiger partial charge is 0.478 e. The van der Waals surface area contributed by atoms with Crippen LogP contribution in [0.25, 0.3) is 0 Å². The third-order valence-electron chi connectivity index (χ3n) is 3.94. The molecule has 0 aromatic heterocycles. The highest BCUT2D eigenvalue weighted by Crippen LogP contribution is 2.26. The fourth-order valence-corrected chi connectivity index (χ4v) is 4.26. The molecule has 1 aliphatic carbocycles. The van der Waals surface area contributed by atoms with Crippen LogP contribution in [0, 0.1) is 5.92 Å². The van der Waals surface area contributed by atoms with Gasteiger partial charge in [-0.2, -0.15) is 0 Å². The molecule has 0 amide bonds. The molecular formula is C14H20N2O4S. The van der Waals surface area contributed by atoms with Crippen molar-refractivity contribution in [3.63, 3.8) is 0 Å². The minimum atomic E-state index is -3.87. The fraction of sp³-hybridized carbons (Fsp3) is 0.500. The summed E-state index contributed by atoms with van der Waals surface area (Å²) in [5.74, 6) is -1.06. The Morgan fingerprint density at radius 1 is 1.33 bits per heavy atom. The van der Waals surface area contributed by atoms with Crippen LogP contribution < -0.4 is 10.5 Å². The quantitative estimate of drug-likeness (QED) is 0.735. The summed E-state index contributed by atoms with van der Waals surface area (Å²) >= 11 is 0. The van der Waals surface area contributed by atoms with Crippen molar-refractivity contribution >= 4 is 21.7 Å². The number of aromatic carboxylic acids is 1. The molecule has 4 N–H and O–H groups in total. The number of nitrogen functional groups attached to an aromatic ring is 1. The van der Waals surface area contributed by atoms with Crippen LogP contribution in [0.1, 0.15) is 43.0 Å². The molecule has 1 aromatic rings. The molecule has 1 saturated carbocycles. The van der Waals surface area contributed by atoms with Crippen molar-refractivity contribution in [2.75, 3.05) is 5.73 Å². The van der Waals surface area contributed by atoms with Crippen LogP contribution in [0.4, 0.5) is 5.69 Å². The maximum atomic E-state index is 12.5. The summed E-state index contributed by atoms with van der Waals surface area (Å²) in [5, 5.41) is 9.16. The molecule has 0 radical (unpaired) electrons. The molecule has 0 saturated heterocycles. The summed E-state index contributed by atoms with van der Waals surface area (Å²) in [5.41, 5.74) is 5.46. The third-order valence-corrected chi connectivity index (χ3v) is 5.49. The second-order valence-corrected chi connectivity index (χ2v) is 7.23. The Morgan fingerprint density at radius 3 is 2.62 bits per heavy atom. The zero-order chi connectivity index (χ0) is 15.6. The lowest BCUT2D eigenvalue weighted by molar-refractivity contribution is 0.0692. The smallest absolute Gasteiger partial charge is 0.337 e. The molecule has 1 aliphatic rings. The Kier molecular flexibility index (Phi) is 4.53. The topological polar surface area (TPSA) is 109 Å². The zero-order valence-corrected chi connectivity index (χ0v) is 12.7. The van der Waals surface area contributed by atoms with E-state index in [4.69, 9.17) is 10.8 Å². The number of nitrogens with one attached hydrogen (secondary N) is 1. The summed E-state index contributed by atoms with van der Waals surface area (Å²) in [7, 11) is -3.87. The molecule has 7 heteroatoms. The number of carbonyl (C=O) groups is 1. The standard InChI is InChI=1S/C14H20N2O4S/c1-9-4-2-3-5-12(9)16-21(19,20)13-7-6-10(15)8-11(13)14(17)18/h6-9,12,16H,2-5,15H2,1H3,(H,17,18). The molecule has 2 atom stereocenters. The van der Waals surface area contributed by atoms with Gasteiger partial charge in [0.05, 0.1) is 10.5 Å². The molecule has 0 bridgehead atoms. The van der Waals surface area contributed by atoms with Gasteiger partial charge in [0.1, 0.15) is 0 Å². The molecular weight excluding hydrogens is 292 g/mol. The van der Waals surface area contributed by atoms with E-state index < -0.39 is 16.0 Å². The van der Waals surface area contributed by atoms with Crippen molar-refractivity contribution in [3.8, 4) is 0 Å². The highest BCUT2D eigenvalue weighted by Gasteiger charge is 2.29. The van der Waals surface area contributed by atoms with Crippen LogP contribution in [0.5, 0.6) is 0 Å². The molecule has 0 heterocycles. The summed E-state index contributed by atoms with van der Waals surface area (Å²) in [6, 6.07) is 3.66. The van der Waals surface area contributed by atoms with E-state index in [1.807, 2.05) is 6.92 Å². The Balaban J connectivity index is 2.33. The van der Waals surface area contributed by atoms with E-state index >= 15 is 0 Å². The van der Waals surface area contributed by atoms with Crippen molar-refractivity contribution in [2.24, 2.45) is 5.92 Å². The van der Waals surface area contributed by atoms with E-state index in [1.165, 1.54) is 18.2 Å². The van der Waals surface area contributed by atoms with E-state index in [0.29, 0.717) is 0 Å². The summed E-state index contributed by atoms with van der Waals surface area (Å²) in [4.78, 5) is 11.0. The summed E-state index contributed by atoms with van der Waals surface area (Å²) < 4.78 is 27.6. The maximum absolute atomic E-state index is 12.5. The minimum absolute atomic E-state index is 0.150. The van der Waals surface area contributed by atoms with Crippen LogP contribution in [0.3, 0.4) is 0 Å². The van der Waals surface area contributed by atoms with Gasteiger partial charge in [0.25, 0.3) is 0 Å². The molecule has 0 spiro atoms. The first-order valence-corrected chi connectivity index (χ1v) is 8.45. The second kappa shape index (κ2) is 6.03. The van der Waals surface area contributed by atoms with E-state index in [-0.39, 0.29) is 28.1 Å². The first kappa shape index (κ1) is 15.8. The summed E-state index contributed by atoms with van der Waals surface area (Å²) in [6.45, 7) is 2.01. The van der Waals surface area contributed by atoms with Crippen molar-refractivity contribution in [3.05, 3.63) is 23.8 Å². The van der Waals surface area contributed by atoms with Crippen molar-refractivity contribution in [1.82, 2.24) is 4.72 Å².